The van der Waals surface area contributed by atoms with E-state index in [9.17, 15) is 4.79 Å². The van der Waals surface area contributed by atoms with Crippen molar-refractivity contribution < 1.29 is 14.3 Å². The standard InChI is InChI=1S/C22H18Br2N2O3/c1-28-19-9-5-17(6-10-19)22(27)26-25-13-16-4-11-21(20(24)12-16)29-14-15-2-7-18(23)8-3-15/h2-13H,14H2,1H3,(H,26,27)/b25-13+. The van der Waals surface area contributed by atoms with Gasteiger partial charge in [-0.15, -0.1) is 0 Å². The number of hydrogen-bond donors (Lipinski definition) is 1. The first-order chi connectivity index (χ1) is 14.0. The number of methoxy groups -OCH3 is 1. The highest BCUT2D eigenvalue weighted by Crippen LogP contribution is 2.26. The van der Waals surface area contributed by atoms with Crippen molar-refractivity contribution >= 4 is 44.0 Å². The molecule has 0 aliphatic carbocycles. The fraction of sp³-hybridized carbons (Fsp3) is 0.0909. The molecule has 0 aliphatic heterocycles. The van der Waals surface area contributed by atoms with Gasteiger partial charge in [0.05, 0.1) is 17.8 Å². The van der Waals surface area contributed by atoms with Crippen LogP contribution in [0, 0.1) is 0 Å². The highest BCUT2D eigenvalue weighted by atomic mass is 79.9. The lowest BCUT2D eigenvalue weighted by molar-refractivity contribution is 0.0955. The second-order valence-electron chi connectivity index (χ2n) is 6.03. The van der Waals surface area contributed by atoms with Crippen LogP contribution in [0.5, 0.6) is 11.5 Å². The van der Waals surface area contributed by atoms with E-state index < -0.39 is 0 Å². The van der Waals surface area contributed by atoms with Gasteiger partial charge >= 0.3 is 0 Å². The van der Waals surface area contributed by atoms with E-state index in [0.29, 0.717) is 17.9 Å². The number of hydrazone groups is 1. The Hall–Kier alpha value is -2.64. The number of halogens is 2. The van der Waals surface area contributed by atoms with Gasteiger partial charge in [-0.2, -0.15) is 5.10 Å². The highest BCUT2D eigenvalue weighted by Gasteiger charge is 2.05. The number of ether oxygens (including phenoxy) is 2. The third kappa shape index (κ3) is 6.17. The number of nitrogens with zero attached hydrogens (tertiary/aromatic N) is 1. The topological polar surface area (TPSA) is 59.9 Å². The van der Waals surface area contributed by atoms with Crippen molar-refractivity contribution in [1.29, 1.82) is 0 Å². The van der Waals surface area contributed by atoms with E-state index in [1.807, 2.05) is 42.5 Å². The van der Waals surface area contributed by atoms with Gasteiger partial charge in [0.15, 0.2) is 0 Å². The SMILES string of the molecule is COc1ccc(C(=O)N/N=C/c2ccc(OCc3ccc(Br)cc3)c(Br)c2)cc1. The first kappa shape index (κ1) is 21.1. The molecule has 0 bridgehead atoms. The number of carbonyl (C=O) groups is 1. The molecule has 5 nitrogen and oxygen atoms in total. The van der Waals surface area contributed by atoms with Gasteiger partial charge in [-0.3, -0.25) is 4.79 Å². The van der Waals surface area contributed by atoms with Crippen LogP contribution >= 0.6 is 31.9 Å². The third-order valence-corrected chi connectivity index (χ3v) is 5.14. The Balaban J connectivity index is 1.56. The number of carbonyl (C=O) groups excluding carboxylic acids is 1. The maximum atomic E-state index is 12.1. The van der Waals surface area contributed by atoms with Crippen LogP contribution in [-0.4, -0.2) is 19.2 Å². The van der Waals surface area contributed by atoms with Crippen molar-refractivity contribution in [1.82, 2.24) is 5.43 Å². The van der Waals surface area contributed by atoms with Gasteiger partial charge in [-0.05, 0) is 81.7 Å². The van der Waals surface area contributed by atoms with Crippen LogP contribution in [0.25, 0.3) is 0 Å². The van der Waals surface area contributed by atoms with Crippen molar-refractivity contribution in [3.05, 3.63) is 92.4 Å². The molecule has 0 radical (unpaired) electrons. The molecular weight excluding hydrogens is 500 g/mol. The summed E-state index contributed by atoms with van der Waals surface area (Å²) in [6.07, 6.45) is 1.57. The molecule has 0 atom stereocenters. The molecule has 0 saturated carbocycles. The molecule has 3 aromatic rings. The van der Waals surface area contributed by atoms with E-state index >= 15 is 0 Å². The van der Waals surface area contributed by atoms with Crippen molar-refractivity contribution in [2.45, 2.75) is 6.61 Å². The number of rotatable bonds is 7. The summed E-state index contributed by atoms with van der Waals surface area (Å²) in [6.45, 7) is 0.469. The van der Waals surface area contributed by atoms with Crippen molar-refractivity contribution in [3.63, 3.8) is 0 Å². The zero-order valence-electron chi connectivity index (χ0n) is 15.6. The summed E-state index contributed by atoms with van der Waals surface area (Å²) in [5.41, 5.74) is 4.91. The molecule has 0 aromatic heterocycles. The van der Waals surface area contributed by atoms with Crippen LogP contribution in [-0.2, 0) is 6.61 Å². The summed E-state index contributed by atoms with van der Waals surface area (Å²) in [5.74, 6) is 1.13. The fourth-order valence-corrected chi connectivity index (χ4v) is 3.20. The van der Waals surface area contributed by atoms with E-state index in [-0.39, 0.29) is 5.91 Å². The normalized spacial score (nSPS) is 10.7. The molecule has 0 unspecified atom stereocenters. The molecule has 0 heterocycles. The average Bonchev–Trinajstić information content (AvgIpc) is 2.74. The van der Waals surface area contributed by atoms with E-state index in [1.54, 1.807) is 37.6 Å². The minimum absolute atomic E-state index is 0.294. The second-order valence-corrected chi connectivity index (χ2v) is 7.80. The Morgan fingerprint density at radius 1 is 1.03 bits per heavy atom. The van der Waals surface area contributed by atoms with E-state index in [1.165, 1.54) is 0 Å². The summed E-state index contributed by atoms with van der Waals surface area (Å²) in [5, 5.41) is 4.01. The third-order valence-electron chi connectivity index (χ3n) is 4.00. The predicted octanol–water partition coefficient (Wildman–Crippen LogP) is 5.56. The predicted molar refractivity (Wildman–Crippen MR) is 121 cm³/mol. The van der Waals surface area contributed by atoms with E-state index in [4.69, 9.17) is 9.47 Å². The molecular formula is C22H18Br2N2O3. The smallest absolute Gasteiger partial charge is 0.271 e. The summed E-state index contributed by atoms with van der Waals surface area (Å²) in [7, 11) is 1.58. The van der Waals surface area contributed by atoms with Gasteiger partial charge in [0.25, 0.3) is 5.91 Å². The van der Waals surface area contributed by atoms with Crippen LogP contribution in [0.15, 0.2) is 80.8 Å². The highest BCUT2D eigenvalue weighted by molar-refractivity contribution is 9.10. The van der Waals surface area contributed by atoms with Gasteiger partial charge in [-0.25, -0.2) is 5.43 Å². The minimum Gasteiger partial charge on any atom is -0.497 e. The molecule has 3 rings (SSSR count). The van der Waals surface area contributed by atoms with E-state index in [2.05, 4.69) is 42.4 Å². The first-order valence-electron chi connectivity index (χ1n) is 8.69. The monoisotopic (exact) mass is 516 g/mol. The van der Waals surface area contributed by atoms with Crippen LogP contribution in [0.1, 0.15) is 21.5 Å². The summed E-state index contributed by atoms with van der Waals surface area (Å²) < 4.78 is 12.8. The number of nitrogens with one attached hydrogen (secondary N) is 1. The second kappa shape index (κ2) is 10.2. The number of benzene rings is 3. The Kier molecular flexibility index (Phi) is 7.43. The Morgan fingerprint density at radius 2 is 1.76 bits per heavy atom. The fourth-order valence-electron chi connectivity index (χ4n) is 2.43. The van der Waals surface area contributed by atoms with Crippen molar-refractivity contribution in [3.8, 4) is 11.5 Å². The van der Waals surface area contributed by atoms with Crippen LogP contribution < -0.4 is 14.9 Å². The largest absolute Gasteiger partial charge is 0.497 e. The zero-order chi connectivity index (χ0) is 20.6. The number of hydrogen-bond acceptors (Lipinski definition) is 4. The molecule has 7 heteroatoms. The maximum absolute atomic E-state index is 12.1. The zero-order valence-corrected chi connectivity index (χ0v) is 18.7. The first-order valence-corrected chi connectivity index (χ1v) is 10.3. The number of amides is 1. The van der Waals surface area contributed by atoms with Crippen LogP contribution in [0.2, 0.25) is 0 Å². The molecule has 148 valence electrons. The van der Waals surface area contributed by atoms with Gasteiger partial charge in [0.1, 0.15) is 18.1 Å². The Bertz CT molecular complexity index is 1000. The van der Waals surface area contributed by atoms with Gasteiger partial charge in [-0.1, -0.05) is 28.1 Å². The molecule has 3 aromatic carbocycles. The quantitative estimate of drug-likeness (QED) is 0.329. The lowest BCUT2D eigenvalue weighted by Gasteiger charge is -2.09. The molecule has 29 heavy (non-hydrogen) atoms. The van der Waals surface area contributed by atoms with Crippen LogP contribution in [0.4, 0.5) is 0 Å². The summed E-state index contributed by atoms with van der Waals surface area (Å²) >= 11 is 6.93. The lowest BCUT2D eigenvalue weighted by atomic mass is 10.2. The van der Waals surface area contributed by atoms with Gasteiger partial charge < -0.3 is 9.47 Å². The summed E-state index contributed by atoms with van der Waals surface area (Å²) in [4.78, 5) is 12.1. The molecule has 1 amide bonds. The van der Waals surface area contributed by atoms with Gasteiger partial charge in [0.2, 0.25) is 0 Å². The van der Waals surface area contributed by atoms with Gasteiger partial charge in [0, 0.05) is 10.0 Å². The minimum atomic E-state index is -0.294. The van der Waals surface area contributed by atoms with Crippen molar-refractivity contribution in [2.75, 3.05) is 7.11 Å². The maximum Gasteiger partial charge on any atom is 0.271 e. The molecule has 0 aliphatic rings. The molecule has 1 N–H and O–H groups in total. The summed E-state index contributed by atoms with van der Waals surface area (Å²) in [6, 6.07) is 20.4. The molecule has 0 fully saturated rings. The lowest BCUT2D eigenvalue weighted by Crippen LogP contribution is -2.17. The molecule has 0 saturated heterocycles. The molecule has 0 spiro atoms. The Labute approximate surface area is 186 Å². The Morgan fingerprint density at radius 3 is 2.41 bits per heavy atom. The van der Waals surface area contributed by atoms with E-state index in [0.717, 1.165) is 25.8 Å². The average molecular weight is 518 g/mol. The van der Waals surface area contributed by atoms with Crippen molar-refractivity contribution in [2.24, 2.45) is 5.10 Å². The van der Waals surface area contributed by atoms with Crippen LogP contribution in [0.3, 0.4) is 0 Å².